The minimum Gasteiger partial charge on any atom is -0.354 e. The Morgan fingerprint density at radius 3 is 2.69 bits per heavy atom. The highest BCUT2D eigenvalue weighted by molar-refractivity contribution is 7.17. The second-order valence-corrected chi connectivity index (χ2v) is 6.72. The molecule has 26 heavy (non-hydrogen) atoms. The average molecular weight is 373 g/mol. The number of hydrogen-bond acceptors (Lipinski definition) is 4. The van der Waals surface area contributed by atoms with Gasteiger partial charge in [-0.3, -0.25) is 9.59 Å². The smallest absolute Gasteiger partial charge is 0.269 e. The summed E-state index contributed by atoms with van der Waals surface area (Å²) < 4.78 is 28.1. The first-order valence-corrected chi connectivity index (χ1v) is 8.36. The molecule has 132 valence electrons. The molecular weight excluding hydrogens is 360 g/mol. The molecule has 1 aromatic carbocycles. The van der Waals surface area contributed by atoms with E-state index in [2.05, 4.69) is 16.2 Å². The van der Waals surface area contributed by atoms with Crippen molar-refractivity contribution in [3.05, 3.63) is 67.6 Å². The van der Waals surface area contributed by atoms with Crippen molar-refractivity contribution < 1.29 is 13.6 Å². The molecule has 0 spiro atoms. The van der Waals surface area contributed by atoms with Crippen molar-refractivity contribution in [3.8, 4) is 12.3 Å². The van der Waals surface area contributed by atoms with Gasteiger partial charge in [-0.05, 0) is 24.6 Å². The average Bonchev–Trinajstić information content (AvgIpc) is 2.93. The van der Waals surface area contributed by atoms with Crippen molar-refractivity contribution >= 4 is 22.2 Å². The molecule has 3 aromatic rings. The van der Waals surface area contributed by atoms with Crippen LogP contribution in [0.25, 0.3) is 4.96 Å². The Balaban J connectivity index is 2.12. The third-order valence-electron chi connectivity index (χ3n) is 3.86. The molecule has 0 saturated carbocycles. The van der Waals surface area contributed by atoms with Crippen molar-refractivity contribution in [1.82, 2.24) is 14.7 Å². The molecule has 0 atom stereocenters. The van der Waals surface area contributed by atoms with Gasteiger partial charge in [-0.15, -0.1) is 17.8 Å². The summed E-state index contributed by atoms with van der Waals surface area (Å²) in [6.45, 7) is 1.72. The first-order chi connectivity index (χ1) is 12.3. The number of halogens is 2. The van der Waals surface area contributed by atoms with Crippen LogP contribution in [0.1, 0.15) is 32.2 Å². The molecule has 0 bridgehead atoms. The van der Waals surface area contributed by atoms with E-state index in [-0.39, 0.29) is 23.6 Å². The zero-order valence-electron chi connectivity index (χ0n) is 13.9. The Morgan fingerprint density at radius 1 is 1.35 bits per heavy atom. The van der Waals surface area contributed by atoms with Crippen molar-refractivity contribution in [2.45, 2.75) is 13.3 Å². The standard InChI is InChI=1S/C18H13F2N3O2S/c1-4-10-6-13(19)14(20)7-11(10)5-12-8-15(24)23-16(17(25)21-3)9(2)26-18(23)22-12/h1,6-8H,5H2,2-3H3,(H,21,25). The van der Waals surface area contributed by atoms with E-state index >= 15 is 0 Å². The number of nitrogens with one attached hydrogen (secondary N) is 1. The van der Waals surface area contributed by atoms with E-state index in [1.54, 1.807) is 6.92 Å². The molecule has 1 amide bonds. The quantitative estimate of drug-likeness (QED) is 0.717. The monoisotopic (exact) mass is 373 g/mol. The number of amides is 1. The predicted octanol–water partition coefficient (Wildman–Crippen LogP) is 2.27. The molecule has 2 heterocycles. The summed E-state index contributed by atoms with van der Waals surface area (Å²) in [5, 5.41) is 2.49. The number of nitrogens with zero attached hydrogens (tertiary/aromatic N) is 2. The van der Waals surface area contributed by atoms with Gasteiger partial charge in [-0.2, -0.15) is 0 Å². The van der Waals surface area contributed by atoms with Crippen LogP contribution in [0.3, 0.4) is 0 Å². The van der Waals surface area contributed by atoms with E-state index in [1.807, 2.05) is 0 Å². The zero-order chi connectivity index (χ0) is 19.0. The maximum absolute atomic E-state index is 13.5. The van der Waals surface area contributed by atoms with E-state index in [9.17, 15) is 18.4 Å². The van der Waals surface area contributed by atoms with E-state index < -0.39 is 17.2 Å². The van der Waals surface area contributed by atoms with Gasteiger partial charge in [0, 0.05) is 30.0 Å². The SMILES string of the molecule is C#Cc1cc(F)c(F)cc1Cc1cc(=O)n2c(C(=O)NC)c(C)sc2n1. The van der Waals surface area contributed by atoms with E-state index in [0.29, 0.717) is 21.1 Å². The Bertz CT molecular complexity index is 1140. The van der Waals surface area contributed by atoms with Crippen molar-refractivity contribution in [3.63, 3.8) is 0 Å². The topological polar surface area (TPSA) is 63.5 Å². The van der Waals surface area contributed by atoms with Crippen molar-refractivity contribution in [2.24, 2.45) is 0 Å². The minimum atomic E-state index is -1.03. The number of terminal acetylenes is 1. The number of fused-ring (bicyclic) bond motifs is 1. The molecule has 0 aliphatic heterocycles. The second kappa shape index (κ2) is 6.69. The number of carbonyl (C=O) groups is 1. The molecule has 5 nitrogen and oxygen atoms in total. The normalized spacial score (nSPS) is 10.7. The molecule has 1 N–H and O–H groups in total. The fraction of sp³-hybridized carbons (Fsp3) is 0.167. The van der Waals surface area contributed by atoms with Gasteiger partial charge in [0.2, 0.25) is 0 Å². The lowest BCUT2D eigenvalue weighted by molar-refractivity contribution is 0.0956. The largest absolute Gasteiger partial charge is 0.354 e. The molecular formula is C18H13F2N3O2S. The van der Waals surface area contributed by atoms with E-state index in [0.717, 1.165) is 12.1 Å². The van der Waals surface area contributed by atoms with Gasteiger partial charge in [-0.25, -0.2) is 18.2 Å². The summed E-state index contributed by atoms with van der Waals surface area (Å²) in [6.07, 6.45) is 5.41. The summed E-state index contributed by atoms with van der Waals surface area (Å²) in [5.74, 6) is -0.141. The lowest BCUT2D eigenvalue weighted by Crippen LogP contribution is -2.25. The highest BCUT2D eigenvalue weighted by Crippen LogP contribution is 2.21. The minimum absolute atomic E-state index is 0.0642. The molecule has 0 unspecified atom stereocenters. The number of aromatic nitrogens is 2. The third kappa shape index (κ3) is 2.97. The maximum atomic E-state index is 13.5. The van der Waals surface area contributed by atoms with Gasteiger partial charge >= 0.3 is 0 Å². The first-order valence-electron chi connectivity index (χ1n) is 7.54. The lowest BCUT2D eigenvalue weighted by Gasteiger charge is -2.06. The number of thiazole rings is 1. The summed E-state index contributed by atoms with van der Waals surface area (Å²) in [4.78, 5) is 29.9. The van der Waals surface area contributed by atoms with Gasteiger partial charge in [0.25, 0.3) is 11.5 Å². The van der Waals surface area contributed by atoms with Crippen LogP contribution in [0.15, 0.2) is 23.0 Å². The molecule has 0 fully saturated rings. The van der Waals surface area contributed by atoms with E-state index in [1.165, 1.54) is 28.9 Å². The molecule has 2 aromatic heterocycles. The number of benzene rings is 1. The van der Waals surface area contributed by atoms with Crippen LogP contribution in [-0.2, 0) is 6.42 Å². The summed E-state index contributed by atoms with van der Waals surface area (Å²) >= 11 is 1.19. The number of carbonyl (C=O) groups excluding carboxylic acids is 1. The van der Waals surface area contributed by atoms with Crippen molar-refractivity contribution in [1.29, 1.82) is 0 Å². The summed E-state index contributed by atoms with van der Waals surface area (Å²) in [6, 6.07) is 3.20. The highest BCUT2D eigenvalue weighted by atomic mass is 32.1. The Kier molecular flexibility index (Phi) is 4.57. The molecule has 8 heteroatoms. The second-order valence-electron chi connectivity index (χ2n) is 5.53. The van der Waals surface area contributed by atoms with Crippen LogP contribution in [0.2, 0.25) is 0 Å². The van der Waals surface area contributed by atoms with Gasteiger partial charge in [0.1, 0.15) is 5.69 Å². The third-order valence-corrected chi connectivity index (χ3v) is 4.81. The number of hydrogen-bond donors (Lipinski definition) is 1. The molecule has 0 aliphatic rings. The van der Waals surface area contributed by atoms with Crippen LogP contribution in [-0.4, -0.2) is 22.3 Å². The fourth-order valence-electron chi connectivity index (χ4n) is 2.66. The van der Waals surface area contributed by atoms with Gasteiger partial charge in [0.05, 0.1) is 5.69 Å². The first kappa shape index (κ1) is 17.8. The summed E-state index contributed by atoms with van der Waals surface area (Å²) in [7, 11) is 1.47. The Morgan fingerprint density at radius 2 is 2.04 bits per heavy atom. The highest BCUT2D eigenvalue weighted by Gasteiger charge is 2.19. The number of rotatable bonds is 3. The summed E-state index contributed by atoms with van der Waals surface area (Å²) in [5.41, 5.74) is 0.690. The van der Waals surface area contributed by atoms with Crippen LogP contribution in [0.5, 0.6) is 0 Å². The van der Waals surface area contributed by atoms with Crippen LogP contribution >= 0.6 is 11.3 Å². The Hall–Kier alpha value is -3.05. The van der Waals surface area contributed by atoms with Crippen LogP contribution < -0.4 is 10.9 Å². The van der Waals surface area contributed by atoms with Crippen LogP contribution in [0, 0.1) is 30.9 Å². The Labute approximate surface area is 151 Å². The lowest BCUT2D eigenvalue weighted by atomic mass is 10.0. The van der Waals surface area contributed by atoms with Gasteiger partial charge in [-0.1, -0.05) is 5.92 Å². The predicted molar refractivity (Wildman–Crippen MR) is 94.6 cm³/mol. The fourth-order valence-corrected chi connectivity index (χ4v) is 3.65. The van der Waals surface area contributed by atoms with Gasteiger partial charge in [0.15, 0.2) is 16.6 Å². The molecule has 3 rings (SSSR count). The molecule has 0 aliphatic carbocycles. The van der Waals surface area contributed by atoms with Gasteiger partial charge < -0.3 is 5.32 Å². The van der Waals surface area contributed by atoms with E-state index in [4.69, 9.17) is 6.42 Å². The maximum Gasteiger partial charge on any atom is 0.269 e. The molecule has 0 radical (unpaired) electrons. The zero-order valence-corrected chi connectivity index (χ0v) is 14.7. The van der Waals surface area contributed by atoms with Crippen LogP contribution in [0.4, 0.5) is 8.78 Å². The van der Waals surface area contributed by atoms with Crippen molar-refractivity contribution in [2.75, 3.05) is 7.05 Å². The number of aryl methyl sites for hydroxylation is 1. The molecule has 0 saturated heterocycles.